The second-order valence-electron chi connectivity index (χ2n) is 3.12. The van der Waals surface area contributed by atoms with Crippen molar-refractivity contribution >= 4 is 18.4 Å². The van der Waals surface area contributed by atoms with Crippen LogP contribution in [0.4, 0.5) is 0 Å². The zero-order valence-corrected chi connectivity index (χ0v) is 7.73. The van der Waals surface area contributed by atoms with Crippen LogP contribution in [0.15, 0.2) is 11.0 Å². The van der Waals surface area contributed by atoms with Crippen LogP contribution in [0.25, 0.3) is 0 Å². The molecule has 0 aromatic carbocycles. The Bertz CT molecular complexity index is 184. The van der Waals surface area contributed by atoms with E-state index in [4.69, 9.17) is 0 Å². The summed E-state index contributed by atoms with van der Waals surface area (Å²) in [5.41, 5.74) is 0. The summed E-state index contributed by atoms with van der Waals surface area (Å²) in [7, 11) is 0. The van der Waals surface area contributed by atoms with E-state index in [2.05, 4.69) is 12.6 Å². The van der Waals surface area contributed by atoms with Gasteiger partial charge in [-0.1, -0.05) is 12.5 Å². The zero-order chi connectivity index (χ0) is 8.27. The molecule has 1 unspecified atom stereocenters. The molecule has 0 spiro atoms. The largest absolute Gasteiger partial charge is 0.299 e. The molecule has 1 rings (SSSR count). The Hall–Kier alpha value is -0.240. The first-order chi connectivity index (χ1) is 5.20. The summed E-state index contributed by atoms with van der Waals surface area (Å²) in [5.74, 6) is 0.420. The molecule has 0 saturated carbocycles. The number of hydrogen-bond donors (Lipinski definition) is 1. The molecule has 1 aliphatic rings. The van der Waals surface area contributed by atoms with Crippen LogP contribution in [0, 0.1) is 5.92 Å². The first-order valence-electron chi connectivity index (χ1n) is 4.10. The highest BCUT2D eigenvalue weighted by Crippen LogP contribution is 2.24. The molecule has 1 aliphatic carbocycles. The normalized spacial score (nSPS) is 25.6. The van der Waals surface area contributed by atoms with Crippen LogP contribution >= 0.6 is 12.6 Å². The van der Waals surface area contributed by atoms with Crippen LogP contribution < -0.4 is 0 Å². The van der Waals surface area contributed by atoms with Crippen molar-refractivity contribution < 1.29 is 4.79 Å². The Morgan fingerprint density at radius 3 is 3.00 bits per heavy atom. The van der Waals surface area contributed by atoms with Crippen LogP contribution in [0.5, 0.6) is 0 Å². The van der Waals surface area contributed by atoms with Crippen molar-refractivity contribution in [3.05, 3.63) is 11.0 Å². The van der Waals surface area contributed by atoms with Gasteiger partial charge in [-0.3, -0.25) is 4.79 Å². The minimum absolute atomic E-state index is 0.144. The number of Topliss-reactive ketones (excluding diaryl/α,β-unsaturated/α-hetero) is 1. The summed E-state index contributed by atoms with van der Waals surface area (Å²) in [6.45, 7) is 1.66. The second-order valence-corrected chi connectivity index (χ2v) is 3.70. The van der Waals surface area contributed by atoms with E-state index in [0.717, 1.165) is 24.2 Å². The highest BCUT2D eigenvalue weighted by molar-refractivity contribution is 7.84. The molecule has 0 amide bonds. The molecule has 1 nitrogen and oxygen atoms in total. The Morgan fingerprint density at radius 2 is 2.36 bits per heavy atom. The van der Waals surface area contributed by atoms with E-state index in [-0.39, 0.29) is 11.7 Å². The zero-order valence-electron chi connectivity index (χ0n) is 6.84. The molecule has 0 heterocycles. The Morgan fingerprint density at radius 1 is 1.64 bits per heavy atom. The lowest BCUT2D eigenvalue weighted by Crippen LogP contribution is -2.06. The lowest BCUT2D eigenvalue weighted by atomic mass is 10.0. The average molecular weight is 170 g/mol. The number of allylic oxidation sites excluding steroid dienone is 2. The van der Waals surface area contributed by atoms with Crippen molar-refractivity contribution in [2.45, 2.75) is 32.6 Å². The lowest BCUT2D eigenvalue weighted by molar-refractivity contribution is -0.119. The number of ketones is 1. The van der Waals surface area contributed by atoms with E-state index < -0.39 is 0 Å². The van der Waals surface area contributed by atoms with Gasteiger partial charge < -0.3 is 0 Å². The first-order valence-corrected chi connectivity index (χ1v) is 4.55. The van der Waals surface area contributed by atoms with E-state index in [1.54, 1.807) is 6.92 Å². The van der Waals surface area contributed by atoms with Crippen LogP contribution in [0.2, 0.25) is 0 Å². The molecule has 0 N–H and O–H groups in total. The Balaban J connectivity index is 2.64. The van der Waals surface area contributed by atoms with Gasteiger partial charge in [-0.05, 0) is 31.1 Å². The van der Waals surface area contributed by atoms with Crippen molar-refractivity contribution in [3.8, 4) is 0 Å². The number of carbonyl (C=O) groups is 1. The molecule has 0 bridgehead atoms. The molecule has 0 aromatic heterocycles. The van der Waals surface area contributed by atoms with Crippen molar-refractivity contribution in [1.29, 1.82) is 0 Å². The summed E-state index contributed by atoms with van der Waals surface area (Å²) in [5, 5.41) is 0. The SMILES string of the molecule is CC(=O)C1C=C(S)CCCC1. The minimum atomic E-state index is 0.144. The van der Waals surface area contributed by atoms with E-state index in [1.165, 1.54) is 6.42 Å². The molecular formula is C9H14OS. The van der Waals surface area contributed by atoms with Crippen molar-refractivity contribution in [3.63, 3.8) is 0 Å². The maximum Gasteiger partial charge on any atom is 0.136 e. The molecule has 11 heavy (non-hydrogen) atoms. The van der Waals surface area contributed by atoms with Gasteiger partial charge in [0.05, 0.1) is 0 Å². The predicted molar refractivity (Wildman–Crippen MR) is 49.7 cm³/mol. The smallest absolute Gasteiger partial charge is 0.136 e. The third-order valence-corrected chi connectivity index (χ3v) is 2.49. The fraction of sp³-hybridized carbons (Fsp3) is 0.667. The molecule has 0 aromatic rings. The van der Waals surface area contributed by atoms with Gasteiger partial charge in [-0.2, -0.15) is 0 Å². The Kier molecular flexibility index (Phi) is 3.18. The van der Waals surface area contributed by atoms with Gasteiger partial charge in [0.1, 0.15) is 5.78 Å². The molecule has 0 fully saturated rings. The molecule has 1 atom stereocenters. The fourth-order valence-electron chi connectivity index (χ4n) is 1.39. The summed E-state index contributed by atoms with van der Waals surface area (Å²) in [4.78, 5) is 12.1. The van der Waals surface area contributed by atoms with Crippen LogP contribution in [-0.2, 0) is 4.79 Å². The highest BCUT2D eigenvalue weighted by atomic mass is 32.1. The van der Waals surface area contributed by atoms with E-state index in [1.807, 2.05) is 6.08 Å². The van der Waals surface area contributed by atoms with Crippen LogP contribution in [-0.4, -0.2) is 5.78 Å². The standard InChI is InChI=1S/C9H14OS/c1-7(10)8-4-2-3-5-9(11)6-8/h6,8,11H,2-5H2,1H3. The number of rotatable bonds is 1. The third-order valence-electron chi connectivity index (χ3n) is 2.11. The fourth-order valence-corrected chi connectivity index (χ4v) is 1.73. The Labute approximate surface area is 73.3 Å². The minimum Gasteiger partial charge on any atom is -0.299 e. The number of hydrogen-bond acceptors (Lipinski definition) is 2. The maximum absolute atomic E-state index is 11.0. The molecular weight excluding hydrogens is 156 g/mol. The van der Waals surface area contributed by atoms with Crippen LogP contribution in [0.3, 0.4) is 0 Å². The maximum atomic E-state index is 11.0. The summed E-state index contributed by atoms with van der Waals surface area (Å²) in [6, 6.07) is 0. The van der Waals surface area contributed by atoms with E-state index in [0.29, 0.717) is 0 Å². The molecule has 0 saturated heterocycles. The van der Waals surface area contributed by atoms with Crippen LogP contribution in [0.1, 0.15) is 32.6 Å². The van der Waals surface area contributed by atoms with E-state index >= 15 is 0 Å². The molecule has 2 heteroatoms. The van der Waals surface area contributed by atoms with Gasteiger partial charge in [0.15, 0.2) is 0 Å². The third kappa shape index (κ3) is 2.70. The lowest BCUT2D eigenvalue weighted by Gasteiger charge is -2.04. The van der Waals surface area contributed by atoms with Gasteiger partial charge in [-0.25, -0.2) is 0 Å². The van der Waals surface area contributed by atoms with E-state index in [9.17, 15) is 4.79 Å². The summed E-state index contributed by atoms with van der Waals surface area (Å²) in [6.07, 6.45) is 6.41. The van der Waals surface area contributed by atoms with Gasteiger partial charge in [-0.15, -0.1) is 12.6 Å². The molecule has 0 aliphatic heterocycles. The second kappa shape index (κ2) is 3.96. The topological polar surface area (TPSA) is 17.1 Å². The van der Waals surface area contributed by atoms with Crippen molar-refractivity contribution in [2.75, 3.05) is 0 Å². The average Bonchev–Trinajstić information content (AvgIpc) is 2.13. The van der Waals surface area contributed by atoms with Crippen molar-refractivity contribution in [1.82, 2.24) is 0 Å². The molecule has 62 valence electrons. The van der Waals surface area contributed by atoms with Crippen molar-refractivity contribution in [2.24, 2.45) is 5.92 Å². The number of carbonyl (C=O) groups excluding carboxylic acids is 1. The number of thiol groups is 1. The predicted octanol–water partition coefficient (Wildman–Crippen LogP) is 2.58. The summed E-state index contributed by atoms with van der Waals surface area (Å²) < 4.78 is 0. The quantitative estimate of drug-likeness (QED) is 0.598. The highest BCUT2D eigenvalue weighted by Gasteiger charge is 2.13. The van der Waals surface area contributed by atoms with Gasteiger partial charge in [0.25, 0.3) is 0 Å². The van der Waals surface area contributed by atoms with Gasteiger partial charge in [0.2, 0.25) is 0 Å². The molecule has 0 radical (unpaired) electrons. The van der Waals surface area contributed by atoms with Gasteiger partial charge in [0, 0.05) is 5.92 Å². The summed E-state index contributed by atoms with van der Waals surface area (Å²) >= 11 is 4.29. The monoisotopic (exact) mass is 170 g/mol. The van der Waals surface area contributed by atoms with Gasteiger partial charge >= 0.3 is 0 Å². The first kappa shape index (κ1) is 8.85.